The second-order valence-corrected chi connectivity index (χ2v) is 9.30. The number of carboxylic acid groups (broad SMARTS) is 2. The zero-order valence-electron chi connectivity index (χ0n) is 22.8. The molecule has 0 saturated carbocycles. The lowest BCUT2D eigenvalue weighted by molar-refractivity contribution is -0.143. The van der Waals surface area contributed by atoms with Crippen LogP contribution in [0.3, 0.4) is 0 Å². The highest BCUT2D eigenvalue weighted by atomic mass is 16.4. The molecule has 18 heteroatoms. The van der Waals surface area contributed by atoms with Crippen LogP contribution in [0.15, 0.2) is 4.99 Å². The summed E-state index contributed by atoms with van der Waals surface area (Å²) in [5, 5.41) is 27.8. The van der Waals surface area contributed by atoms with Gasteiger partial charge in [-0.1, -0.05) is 0 Å². The second kappa shape index (κ2) is 17.3. The third kappa shape index (κ3) is 12.5. The van der Waals surface area contributed by atoms with Gasteiger partial charge in [0, 0.05) is 19.5 Å². The standard InChI is InChI=1S/C23H39N9O9/c1-12(29-16(33)10-24)21(39)32-9-3-5-15(32)20(38)28-11-17(34)30-13(6-7-18(35)36)19(37)31-14(22(40)41)4-2-8-27-23(25)26/h12-15H,2-11,24H2,1H3,(H,28,38)(H,29,33)(H,30,34)(H,31,37)(H,35,36)(H,40,41)(H4,25,26,27)/t12-,13-,14-,15-/m0/s1. The number of aliphatic carboxylic acids is 2. The number of nitrogens with zero attached hydrogens (tertiary/aromatic N) is 2. The first-order chi connectivity index (χ1) is 19.3. The average Bonchev–Trinajstić information content (AvgIpc) is 3.40. The number of rotatable bonds is 17. The highest BCUT2D eigenvalue weighted by Crippen LogP contribution is 2.18. The van der Waals surface area contributed by atoms with E-state index >= 15 is 0 Å². The molecule has 4 atom stereocenters. The van der Waals surface area contributed by atoms with Crippen LogP contribution in [0.5, 0.6) is 0 Å². The molecule has 0 aromatic heterocycles. The molecule has 0 radical (unpaired) electrons. The topological polar surface area (TPSA) is 302 Å². The predicted octanol–water partition coefficient (Wildman–Crippen LogP) is -4.47. The number of carboxylic acids is 2. The van der Waals surface area contributed by atoms with Gasteiger partial charge in [0.05, 0.1) is 13.1 Å². The minimum atomic E-state index is -1.41. The molecule has 41 heavy (non-hydrogen) atoms. The molecule has 1 aliphatic rings. The highest BCUT2D eigenvalue weighted by Gasteiger charge is 2.36. The first-order valence-electron chi connectivity index (χ1n) is 12.9. The van der Waals surface area contributed by atoms with Gasteiger partial charge < -0.3 is 53.6 Å². The van der Waals surface area contributed by atoms with Gasteiger partial charge in [0.25, 0.3) is 0 Å². The molecule has 0 unspecified atom stereocenters. The van der Waals surface area contributed by atoms with E-state index in [2.05, 4.69) is 26.3 Å². The van der Waals surface area contributed by atoms with E-state index in [1.807, 2.05) is 0 Å². The van der Waals surface area contributed by atoms with E-state index in [1.165, 1.54) is 11.8 Å². The van der Waals surface area contributed by atoms with Crippen molar-refractivity contribution < 1.29 is 43.8 Å². The fraction of sp³-hybridized carbons (Fsp3) is 0.652. The van der Waals surface area contributed by atoms with Crippen molar-refractivity contribution in [2.24, 2.45) is 22.2 Å². The number of carbonyl (C=O) groups is 7. The minimum absolute atomic E-state index is 0.0430. The van der Waals surface area contributed by atoms with Crippen LogP contribution in [-0.4, -0.2) is 113 Å². The van der Waals surface area contributed by atoms with Crippen LogP contribution in [0.4, 0.5) is 0 Å². The van der Waals surface area contributed by atoms with E-state index < -0.39 is 78.6 Å². The molecule has 230 valence electrons. The predicted molar refractivity (Wildman–Crippen MR) is 143 cm³/mol. The lowest BCUT2D eigenvalue weighted by Crippen LogP contribution is -2.55. The third-order valence-corrected chi connectivity index (χ3v) is 6.05. The third-order valence-electron chi connectivity index (χ3n) is 6.05. The average molecular weight is 586 g/mol. The van der Waals surface area contributed by atoms with Crippen molar-refractivity contribution >= 4 is 47.4 Å². The molecule has 12 N–H and O–H groups in total. The second-order valence-electron chi connectivity index (χ2n) is 9.30. The Labute approximate surface area is 235 Å². The molecule has 1 fully saturated rings. The summed E-state index contributed by atoms with van der Waals surface area (Å²) in [7, 11) is 0. The summed E-state index contributed by atoms with van der Waals surface area (Å²) in [6.07, 6.45) is 0.149. The molecule has 0 bridgehead atoms. The van der Waals surface area contributed by atoms with Crippen LogP contribution in [0, 0.1) is 0 Å². The van der Waals surface area contributed by atoms with E-state index in [0.29, 0.717) is 12.8 Å². The van der Waals surface area contributed by atoms with Gasteiger partial charge in [-0.05, 0) is 39.0 Å². The molecule has 0 aliphatic carbocycles. The molecule has 0 spiro atoms. The van der Waals surface area contributed by atoms with Crippen molar-refractivity contribution in [2.75, 3.05) is 26.2 Å². The smallest absolute Gasteiger partial charge is 0.326 e. The number of carbonyl (C=O) groups excluding carboxylic acids is 5. The zero-order chi connectivity index (χ0) is 31.1. The Kier molecular flexibility index (Phi) is 14.5. The molecule has 1 saturated heterocycles. The first kappa shape index (κ1) is 34.5. The van der Waals surface area contributed by atoms with Crippen molar-refractivity contribution in [2.45, 2.75) is 69.6 Å². The van der Waals surface area contributed by atoms with Gasteiger partial charge in [0.15, 0.2) is 5.96 Å². The van der Waals surface area contributed by atoms with E-state index in [-0.39, 0.29) is 44.9 Å². The Morgan fingerprint density at radius 2 is 1.66 bits per heavy atom. The van der Waals surface area contributed by atoms with Crippen LogP contribution in [-0.2, 0) is 33.6 Å². The largest absolute Gasteiger partial charge is 0.481 e. The van der Waals surface area contributed by atoms with Gasteiger partial charge in [-0.25, -0.2) is 4.79 Å². The maximum atomic E-state index is 12.8. The molecule has 5 amide bonds. The summed E-state index contributed by atoms with van der Waals surface area (Å²) in [6, 6.07) is -4.58. The molecule has 1 rings (SSSR count). The van der Waals surface area contributed by atoms with Gasteiger partial charge in [-0.2, -0.15) is 0 Å². The molecule has 18 nitrogen and oxygen atoms in total. The van der Waals surface area contributed by atoms with E-state index in [9.17, 15) is 38.7 Å². The molecule has 1 aliphatic heterocycles. The molecule has 0 aromatic rings. The lowest BCUT2D eigenvalue weighted by Gasteiger charge is -2.27. The first-order valence-corrected chi connectivity index (χ1v) is 12.9. The molecular formula is C23H39N9O9. The number of likely N-dealkylation sites (tertiary alicyclic amines) is 1. The minimum Gasteiger partial charge on any atom is -0.481 e. The number of amides is 5. The van der Waals surface area contributed by atoms with Gasteiger partial charge >= 0.3 is 11.9 Å². The van der Waals surface area contributed by atoms with Crippen LogP contribution in [0.2, 0.25) is 0 Å². The molecule has 0 aromatic carbocycles. The number of nitrogens with one attached hydrogen (secondary N) is 4. The van der Waals surface area contributed by atoms with Crippen molar-refractivity contribution in [3.63, 3.8) is 0 Å². The SMILES string of the molecule is C[C@H](NC(=O)CN)C(=O)N1CCC[C@H]1C(=O)NCC(=O)N[C@@H](CCC(=O)O)C(=O)N[C@@H](CCCN=C(N)N)C(=O)O. The summed E-state index contributed by atoms with van der Waals surface area (Å²) in [5.74, 6) is -6.23. The lowest BCUT2D eigenvalue weighted by atomic mass is 10.1. The fourth-order valence-electron chi connectivity index (χ4n) is 4.01. The zero-order valence-corrected chi connectivity index (χ0v) is 22.8. The van der Waals surface area contributed by atoms with Crippen molar-refractivity contribution in [3.05, 3.63) is 0 Å². The number of hydrogen-bond donors (Lipinski definition) is 9. The van der Waals surface area contributed by atoms with Gasteiger partial charge in [-0.15, -0.1) is 0 Å². The molecule has 1 heterocycles. The van der Waals surface area contributed by atoms with Gasteiger partial charge in [0.2, 0.25) is 29.5 Å². The van der Waals surface area contributed by atoms with Crippen molar-refractivity contribution in [3.8, 4) is 0 Å². The van der Waals surface area contributed by atoms with Crippen LogP contribution < -0.4 is 38.5 Å². The normalized spacial score (nSPS) is 16.4. The summed E-state index contributed by atoms with van der Waals surface area (Å²) in [6.45, 7) is 0.928. The Hall–Kier alpha value is -4.48. The summed E-state index contributed by atoms with van der Waals surface area (Å²) < 4.78 is 0. The highest BCUT2D eigenvalue weighted by molar-refractivity contribution is 5.95. The maximum Gasteiger partial charge on any atom is 0.326 e. The Morgan fingerprint density at radius 1 is 0.976 bits per heavy atom. The van der Waals surface area contributed by atoms with Gasteiger partial charge in [-0.3, -0.25) is 33.8 Å². The monoisotopic (exact) mass is 585 g/mol. The number of hydrogen-bond acceptors (Lipinski definition) is 9. The van der Waals surface area contributed by atoms with Crippen LogP contribution in [0.25, 0.3) is 0 Å². The molecular weight excluding hydrogens is 546 g/mol. The summed E-state index contributed by atoms with van der Waals surface area (Å²) in [4.78, 5) is 89.9. The van der Waals surface area contributed by atoms with Crippen LogP contribution >= 0.6 is 0 Å². The van der Waals surface area contributed by atoms with E-state index in [0.717, 1.165) is 0 Å². The summed E-state index contributed by atoms with van der Waals surface area (Å²) in [5.41, 5.74) is 15.7. The Balaban J connectivity index is 2.77. The number of nitrogens with two attached hydrogens (primary N) is 3. The van der Waals surface area contributed by atoms with E-state index in [1.54, 1.807) is 0 Å². The quantitative estimate of drug-likeness (QED) is 0.0443. The van der Waals surface area contributed by atoms with Crippen molar-refractivity contribution in [1.82, 2.24) is 26.2 Å². The Bertz CT molecular complexity index is 1020. The van der Waals surface area contributed by atoms with Crippen LogP contribution in [0.1, 0.15) is 45.4 Å². The van der Waals surface area contributed by atoms with E-state index in [4.69, 9.17) is 22.3 Å². The summed E-state index contributed by atoms with van der Waals surface area (Å²) >= 11 is 0. The fourth-order valence-corrected chi connectivity index (χ4v) is 4.01. The Morgan fingerprint density at radius 3 is 2.24 bits per heavy atom. The maximum absolute atomic E-state index is 12.8. The van der Waals surface area contributed by atoms with Crippen molar-refractivity contribution in [1.29, 1.82) is 0 Å². The van der Waals surface area contributed by atoms with Gasteiger partial charge in [0.1, 0.15) is 24.2 Å². The number of aliphatic imine (C=N–C) groups is 1. The number of guanidine groups is 1.